The van der Waals surface area contributed by atoms with Gasteiger partial charge in [-0.3, -0.25) is 0 Å². The van der Waals surface area contributed by atoms with Gasteiger partial charge in [0.25, 0.3) is 0 Å². The third-order valence-electron chi connectivity index (χ3n) is 0.966. The van der Waals surface area contributed by atoms with E-state index in [1.807, 2.05) is 0 Å². The van der Waals surface area contributed by atoms with Gasteiger partial charge in [-0.25, -0.2) is 0 Å². The minimum absolute atomic E-state index is 0.0556. The van der Waals surface area contributed by atoms with Crippen molar-refractivity contribution in [3.63, 3.8) is 0 Å². The van der Waals surface area contributed by atoms with Crippen molar-refractivity contribution >= 4 is 5.97 Å². The van der Waals surface area contributed by atoms with Gasteiger partial charge in [0, 0.05) is 19.7 Å². The summed E-state index contributed by atoms with van der Waals surface area (Å²) in [5, 5.41) is 9.92. The van der Waals surface area contributed by atoms with Gasteiger partial charge in [-0.2, -0.15) is 0 Å². The molecule has 3 heteroatoms. The van der Waals surface area contributed by atoms with Crippen LogP contribution in [-0.4, -0.2) is 19.7 Å². The number of hydrogen-bond donors (Lipinski definition) is 0. The first-order chi connectivity index (χ1) is 4.16. The number of hydrogen-bond acceptors (Lipinski definition) is 3. The molecule has 0 saturated carbocycles. The first-order valence-electron chi connectivity index (χ1n) is 2.85. The second kappa shape index (κ2) is 4.32. The van der Waals surface area contributed by atoms with Crippen molar-refractivity contribution in [3.8, 4) is 0 Å². The number of ether oxygens (including phenoxy) is 1. The normalized spacial score (nSPS) is 13.1. The molecule has 0 N–H and O–H groups in total. The predicted octanol–water partition coefficient (Wildman–Crippen LogP) is -0.591. The Balaban J connectivity index is 3.26. The van der Waals surface area contributed by atoms with E-state index in [-0.39, 0.29) is 12.3 Å². The highest BCUT2D eigenvalue weighted by atomic mass is 16.5. The molecule has 0 bridgehead atoms. The fraction of sp³-hybridized carbons (Fsp3) is 0.833. The molecule has 0 heterocycles. The maximum absolute atomic E-state index is 9.92. The maximum Gasteiger partial charge on any atom is 0.0491 e. The largest absolute Gasteiger partial charge is 0.550 e. The van der Waals surface area contributed by atoms with E-state index >= 15 is 0 Å². The third kappa shape index (κ3) is 5.30. The topological polar surface area (TPSA) is 49.4 Å². The van der Waals surface area contributed by atoms with Gasteiger partial charge in [0.15, 0.2) is 0 Å². The number of carboxylic acids is 1. The van der Waals surface area contributed by atoms with Crippen molar-refractivity contribution in [1.82, 2.24) is 0 Å². The SMILES string of the molecule is COCC(C)CC(=O)[O-]. The van der Waals surface area contributed by atoms with Gasteiger partial charge in [-0.1, -0.05) is 6.92 Å². The molecule has 0 saturated heterocycles. The van der Waals surface area contributed by atoms with Crippen molar-refractivity contribution in [1.29, 1.82) is 0 Å². The lowest BCUT2D eigenvalue weighted by Gasteiger charge is -2.09. The van der Waals surface area contributed by atoms with Crippen LogP contribution in [0.5, 0.6) is 0 Å². The molecule has 0 aromatic rings. The Morgan fingerprint density at radius 1 is 1.78 bits per heavy atom. The van der Waals surface area contributed by atoms with Crippen LogP contribution in [-0.2, 0) is 9.53 Å². The molecule has 0 aliphatic carbocycles. The van der Waals surface area contributed by atoms with Gasteiger partial charge in [-0.15, -0.1) is 0 Å². The lowest BCUT2D eigenvalue weighted by Crippen LogP contribution is -2.25. The average Bonchev–Trinajstić information content (AvgIpc) is 1.63. The monoisotopic (exact) mass is 131 g/mol. The lowest BCUT2D eigenvalue weighted by molar-refractivity contribution is -0.306. The van der Waals surface area contributed by atoms with Crippen LogP contribution in [0.3, 0.4) is 0 Å². The van der Waals surface area contributed by atoms with Crippen LogP contribution in [0.15, 0.2) is 0 Å². The molecule has 0 aliphatic heterocycles. The summed E-state index contributed by atoms with van der Waals surface area (Å²) in [5.41, 5.74) is 0. The van der Waals surface area contributed by atoms with E-state index in [9.17, 15) is 9.90 Å². The minimum atomic E-state index is -1.01. The van der Waals surface area contributed by atoms with E-state index in [1.54, 1.807) is 14.0 Å². The zero-order valence-corrected chi connectivity index (χ0v) is 5.72. The van der Waals surface area contributed by atoms with Crippen LogP contribution in [0, 0.1) is 5.92 Å². The number of carbonyl (C=O) groups excluding carboxylic acids is 1. The van der Waals surface area contributed by atoms with E-state index in [0.717, 1.165) is 0 Å². The fourth-order valence-corrected chi connectivity index (χ4v) is 0.628. The summed E-state index contributed by atoms with van der Waals surface area (Å²) in [5.74, 6) is -0.959. The standard InChI is InChI=1S/C6H12O3/c1-5(4-9-2)3-6(7)8/h5H,3-4H2,1-2H3,(H,7,8)/p-1. The molecule has 0 spiro atoms. The van der Waals surface area contributed by atoms with Crippen LogP contribution in [0.4, 0.5) is 0 Å². The van der Waals surface area contributed by atoms with Gasteiger partial charge >= 0.3 is 0 Å². The number of rotatable bonds is 4. The maximum atomic E-state index is 9.92. The highest BCUT2D eigenvalue weighted by Crippen LogP contribution is 1.99. The van der Waals surface area contributed by atoms with Crippen LogP contribution >= 0.6 is 0 Å². The quantitative estimate of drug-likeness (QED) is 0.512. The number of aliphatic carboxylic acids is 1. The first-order valence-corrected chi connectivity index (χ1v) is 2.85. The summed E-state index contributed by atoms with van der Waals surface area (Å²) in [6.45, 7) is 2.28. The molecule has 0 rings (SSSR count). The van der Waals surface area contributed by atoms with E-state index in [1.165, 1.54) is 0 Å². The summed E-state index contributed by atoms with van der Waals surface area (Å²) in [6.07, 6.45) is 0.0772. The summed E-state index contributed by atoms with van der Waals surface area (Å²) in [7, 11) is 1.55. The van der Waals surface area contributed by atoms with Crippen molar-refractivity contribution in [2.75, 3.05) is 13.7 Å². The van der Waals surface area contributed by atoms with Gasteiger partial charge in [0.2, 0.25) is 0 Å². The Morgan fingerprint density at radius 2 is 2.33 bits per heavy atom. The van der Waals surface area contributed by atoms with Crippen molar-refractivity contribution < 1.29 is 14.6 Å². The molecule has 9 heavy (non-hydrogen) atoms. The second-order valence-electron chi connectivity index (χ2n) is 2.14. The summed E-state index contributed by atoms with van der Waals surface area (Å²) >= 11 is 0. The molecule has 54 valence electrons. The molecule has 1 atom stereocenters. The first kappa shape index (κ1) is 8.43. The van der Waals surface area contributed by atoms with Gasteiger partial charge in [-0.05, 0) is 12.3 Å². The van der Waals surface area contributed by atoms with E-state index in [0.29, 0.717) is 6.61 Å². The number of carbonyl (C=O) groups is 1. The Labute approximate surface area is 54.6 Å². The fourth-order valence-electron chi connectivity index (χ4n) is 0.628. The highest BCUT2D eigenvalue weighted by molar-refractivity contribution is 5.64. The molecule has 0 amide bonds. The Morgan fingerprint density at radius 3 is 2.67 bits per heavy atom. The number of methoxy groups -OCH3 is 1. The second-order valence-corrected chi connectivity index (χ2v) is 2.14. The van der Waals surface area contributed by atoms with Gasteiger partial charge in [0.05, 0.1) is 0 Å². The minimum Gasteiger partial charge on any atom is -0.550 e. The smallest absolute Gasteiger partial charge is 0.0491 e. The summed E-state index contributed by atoms with van der Waals surface area (Å²) in [6, 6.07) is 0. The van der Waals surface area contributed by atoms with Crippen LogP contribution in [0.2, 0.25) is 0 Å². The van der Waals surface area contributed by atoms with Crippen molar-refractivity contribution in [3.05, 3.63) is 0 Å². The molecule has 0 aromatic heterocycles. The Bertz CT molecular complexity index is 90.3. The van der Waals surface area contributed by atoms with Gasteiger partial charge < -0.3 is 14.6 Å². The highest BCUT2D eigenvalue weighted by Gasteiger charge is 1.99. The van der Waals surface area contributed by atoms with Crippen LogP contribution in [0.25, 0.3) is 0 Å². The molecule has 0 fully saturated rings. The average molecular weight is 131 g/mol. The predicted molar refractivity (Wildman–Crippen MR) is 30.7 cm³/mol. The zero-order valence-electron chi connectivity index (χ0n) is 5.72. The molecule has 0 aromatic carbocycles. The zero-order chi connectivity index (χ0) is 7.28. The summed E-state index contributed by atoms with van der Waals surface area (Å²) in [4.78, 5) is 9.92. The molecule has 3 nitrogen and oxygen atoms in total. The van der Waals surface area contributed by atoms with Crippen LogP contribution < -0.4 is 5.11 Å². The van der Waals surface area contributed by atoms with E-state index in [4.69, 9.17) is 4.74 Å². The third-order valence-corrected chi connectivity index (χ3v) is 0.966. The molecular weight excluding hydrogens is 120 g/mol. The molecule has 0 aliphatic rings. The molecule has 0 radical (unpaired) electrons. The Kier molecular flexibility index (Phi) is 4.05. The lowest BCUT2D eigenvalue weighted by atomic mass is 10.1. The van der Waals surface area contributed by atoms with Crippen LogP contribution in [0.1, 0.15) is 13.3 Å². The van der Waals surface area contributed by atoms with Crippen molar-refractivity contribution in [2.45, 2.75) is 13.3 Å². The molecule has 1 unspecified atom stereocenters. The van der Waals surface area contributed by atoms with Gasteiger partial charge in [0.1, 0.15) is 0 Å². The molecular formula is C6H11O3-. The van der Waals surface area contributed by atoms with E-state index in [2.05, 4.69) is 0 Å². The number of carboxylic acid groups (broad SMARTS) is 1. The van der Waals surface area contributed by atoms with E-state index < -0.39 is 5.97 Å². The Hall–Kier alpha value is -0.570. The van der Waals surface area contributed by atoms with Crippen molar-refractivity contribution in [2.24, 2.45) is 5.92 Å². The summed E-state index contributed by atoms with van der Waals surface area (Å²) < 4.78 is 4.71.